The Morgan fingerprint density at radius 3 is 2.92 bits per heavy atom. The molecule has 0 aliphatic carbocycles. The molecule has 0 fully saturated rings. The fraction of sp³-hybridized carbons (Fsp3) is 0.222. The largest absolute Gasteiger partial charge is 0.468 e. The molecule has 0 unspecified atom stereocenters. The number of hydrogen-bond acceptors (Lipinski definition) is 3. The summed E-state index contributed by atoms with van der Waals surface area (Å²) in [5.74, 6) is 0. The molecule has 4 heteroatoms. The second-order valence-electron chi connectivity index (χ2n) is 2.98. The Bertz CT molecular complexity index is 447. The number of methoxy groups -OCH3 is 1. The molecule has 1 aromatic heterocycles. The zero-order valence-corrected chi connectivity index (χ0v) is 7.59. The van der Waals surface area contributed by atoms with Crippen molar-refractivity contribution in [2.75, 3.05) is 12.8 Å². The Morgan fingerprint density at radius 1 is 1.46 bits per heavy atom. The van der Waals surface area contributed by atoms with Crippen LogP contribution >= 0.6 is 0 Å². The lowest BCUT2D eigenvalue weighted by Crippen LogP contribution is -1.86. The lowest BCUT2D eigenvalue weighted by atomic mass is 10.2. The van der Waals surface area contributed by atoms with Gasteiger partial charge in [0.15, 0.2) is 0 Å². The summed E-state index contributed by atoms with van der Waals surface area (Å²) in [5.41, 5.74) is 9.30. The summed E-state index contributed by atoms with van der Waals surface area (Å²) in [6, 6.07) is 4.24. The van der Waals surface area contributed by atoms with Crippen LogP contribution in [0.25, 0.3) is 11.0 Å². The normalized spacial score (nSPS) is 10.6. The first kappa shape index (κ1) is 7.91. The molecule has 4 nitrogen and oxygen atoms in total. The quantitative estimate of drug-likeness (QED) is 0.648. The first-order chi connectivity index (χ1) is 6.20. The predicted molar refractivity (Wildman–Crippen MR) is 51.8 cm³/mol. The van der Waals surface area contributed by atoms with E-state index in [1.807, 2.05) is 19.1 Å². The minimum absolute atomic E-state index is 0.517. The maximum atomic E-state index is 5.68. The maximum absolute atomic E-state index is 5.68. The van der Waals surface area contributed by atoms with Gasteiger partial charge in [-0.05, 0) is 24.6 Å². The van der Waals surface area contributed by atoms with Crippen LogP contribution in [-0.2, 0) is 0 Å². The summed E-state index contributed by atoms with van der Waals surface area (Å²) in [5, 5.41) is 0. The Morgan fingerprint density at radius 2 is 2.23 bits per heavy atom. The molecule has 13 heavy (non-hydrogen) atoms. The van der Waals surface area contributed by atoms with Crippen LogP contribution in [-0.4, -0.2) is 17.1 Å². The standard InChI is InChI=1S/C9H11N3O/c1-5-3-6(10)4-7-8(5)12-9(11-7)13-2/h3-4H,10H2,1-2H3,(H,11,12). The van der Waals surface area contributed by atoms with E-state index in [4.69, 9.17) is 10.5 Å². The summed E-state index contributed by atoms with van der Waals surface area (Å²) < 4.78 is 4.99. The van der Waals surface area contributed by atoms with Crippen molar-refractivity contribution >= 4 is 16.7 Å². The third-order valence-electron chi connectivity index (χ3n) is 1.98. The number of H-pyrrole nitrogens is 1. The number of anilines is 1. The van der Waals surface area contributed by atoms with E-state index < -0.39 is 0 Å². The molecule has 1 aromatic carbocycles. The van der Waals surface area contributed by atoms with Gasteiger partial charge in [0.2, 0.25) is 0 Å². The molecule has 2 aromatic rings. The number of fused-ring (bicyclic) bond motifs is 1. The SMILES string of the molecule is COc1nc2cc(N)cc(C)c2[nH]1. The summed E-state index contributed by atoms with van der Waals surface area (Å²) in [6.45, 7) is 1.98. The van der Waals surface area contributed by atoms with E-state index in [-0.39, 0.29) is 0 Å². The smallest absolute Gasteiger partial charge is 0.294 e. The minimum Gasteiger partial charge on any atom is -0.468 e. The van der Waals surface area contributed by atoms with E-state index in [9.17, 15) is 0 Å². The van der Waals surface area contributed by atoms with Gasteiger partial charge in [-0.3, -0.25) is 0 Å². The number of rotatable bonds is 1. The van der Waals surface area contributed by atoms with E-state index in [0.29, 0.717) is 6.01 Å². The first-order valence-corrected chi connectivity index (χ1v) is 4.00. The number of aromatic nitrogens is 2. The highest BCUT2D eigenvalue weighted by Gasteiger charge is 2.05. The lowest BCUT2D eigenvalue weighted by molar-refractivity contribution is 0.386. The summed E-state index contributed by atoms with van der Waals surface area (Å²) in [4.78, 5) is 7.25. The number of nitrogens with two attached hydrogens (primary N) is 1. The van der Waals surface area contributed by atoms with Crippen molar-refractivity contribution in [1.82, 2.24) is 9.97 Å². The van der Waals surface area contributed by atoms with E-state index >= 15 is 0 Å². The topological polar surface area (TPSA) is 63.9 Å². The second-order valence-corrected chi connectivity index (χ2v) is 2.98. The lowest BCUT2D eigenvalue weighted by Gasteiger charge is -1.96. The second kappa shape index (κ2) is 2.65. The fourth-order valence-electron chi connectivity index (χ4n) is 1.39. The number of benzene rings is 1. The third kappa shape index (κ3) is 1.20. The van der Waals surface area contributed by atoms with Crippen molar-refractivity contribution in [3.05, 3.63) is 17.7 Å². The molecule has 1 heterocycles. The van der Waals surface area contributed by atoms with Crippen LogP contribution in [0.3, 0.4) is 0 Å². The molecule has 0 saturated heterocycles. The van der Waals surface area contributed by atoms with Crippen molar-refractivity contribution in [2.24, 2.45) is 0 Å². The van der Waals surface area contributed by atoms with Crippen LogP contribution in [0.15, 0.2) is 12.1 Å². The minimum atomic E-state index is 0.517. The summed E-state index contributed by atoms with van der Waals surface area (Å²) >= 11 is 0. The predicted octanol–water partition coefficient (Wildman–Crippen LogP) is 1.46. The molecular formula is C9H11N3O. The van der Waals surface area contributed by atoms with E-state index in [1.165, 1.54) is 0 Å². The summed E-state index contributed by atoms with van der Waals surface area (Å²) in [7, 11) is 1.58. The summed E-state index contributed by atoms with van der Waals surface area (Å²) in [6.07, 6.45) is 0. The van der Waals surface area contributed by atoms with Crippen LogP contribution in [0.1, 0.15) is 5.56 Å². The number of aryl methyl sites for hydroxylation is 1. The van der Waals surface area contributed by atoms with Gasteiger partial charge in [-0.2, -0.15) is 4.98 Å². The molecule has 3 N–H and O–H groups in total. The van der Waals surface area contributed by atoms with Gasteiger partial charge >= 0.3 is 0 Å². The van der Waals surface area contributed by atoms with Gasteiger partial charge in [-0.25, -0.2) is 0 Å². The van der Waals surface area contributed by atoms with Gasteiger partial charge in [0.25, 0.3) is 6.01 Å². The van der Waals surface area contributed by atoms with E-state index in [1.54, 1.807) is 7.11 Å². The third-order valence-corrected chi connectivity index (χ3v) is 1.98. The van der Waals surface area contributed by atoms with Crippen molar-refractivity contribution in [3.63, 3.8) is 0 Å². The number of nitrogens with zero attached hydrogens (tertiary/aromatic N) is 1. The average molecular weight is 177 g/mol. The Kier molecular flexibility index (Phi) is 1.62. The molecule has 0 spiro atoms. The highest BCUT2D eigenvalue weighted by atomic mass is 16.5. The highest BCUT2D eigenvalue weighted by Crippen LogP contribution is 2.21. The van der Waals surface area contributed by atoms with Crippen molar-refractivity contribution in [2.45, 2.75) is 6.92 Å². The van der Waals surface area contributed by atoms with Crippen molar-refractivity contribution < 1.29 is 4.74 Å². The van der Waals surface area contributed by atoms with E-state index in [0.717, 1.165) is 22.3 Å². The van der Waals surface area contributed by atoms with Crippen LogP contribution in [0.5, 0.6) is 6.01 Å². The van der Waals surface area contributed by atoms with Gasteiger partial charge < -0.3 is 15.5 Å². The first-order valence-electron chi connectivity index (χ1n) is 4.00. The molecule has 68 valence electrons. The van der Waals surface area contributed by atoms with Gasteiger partial charge in [0, 0.05) is 5.69 Å². The molecule has 2 rings (SSSR count). The van der Waals surface area contributed by atoms with Gasteiger partial charge in [-0.1, -0.05) is 0 Å². The van der Waals surface area contributed by atoms with Crippen LogP contribution in [0.4, 0.5) is 5.69 Å². The zero-order chi connectivity index (χ0) is 9.42. The van der Waals surface area contributed by atoms with Gasteiger partial charge in [-0.15, -0.1) is 0 Å². The fourth-order valence-corrected chi connectivity index (χ4v) is 1.39. The Balaban J connectivity index is 2.75. The molecule has 0 aliphatic heterocycles. The van der Waals surface area contributed by atoms with Crippen LogP contribution in [0.2, 0.25) is 0 Å². The zero-order valence-electron chi connectivity index (χ0n) is 7.59. The molecule has 0 amide bonds. The number of imidazole rings is 1. The number of hydrogen-bond donors (Lipinski definition) is 2. The van der Waals surface area contributed by atoms with Gasteiger partial charge in [0.1, 0.15) is 0 Å². The maximum Gasteiger partial charge on any atom is 0.294 e. The van der Waals surface area contributed by atoms with Crippen LogP contribution in [0, 0.1) is 6.92 Å². The molecule has 0 bridgehead atoms. The van der Waals surface area contributed by atoms with Crippen molar-refractivity contribution in [3.8, 4) is 6.01 Å². The number of nitrogen functional groups attached to an aromatic ring is 1. The molecule has 0 aliphatic rings. The Hall–Kier alpha value is -1.71. The van der Waals surface area contributed by atoms with Crippen molar-refractivity contribution in [1.29, 1.82) is 0 Å². The molecular weight excluding hydrogens is 166 g/mol. The van der Waals surface area contributed by atoms with Gasteiger partial charge in [0.05, 0.1) is 18.1 Å². The Labute approximate surface area is 75.7 Å². The number of nitrogens with one attached hydrogen (secondary N) is 1. The van der Waals surface area contributed by atoms with E-state index in [2.05, 4.69) is 9.97 Å². The highest BCUT2D eigenvalue weighted by molar-refractivity contribution is 5.82. The monoisotopic (exact) mass is 177 g/mol. The molecule has 0 atom stereocenters. The van der Waals surface area contributed by atoms with Crippen LogP contribution < -0.4 is 10.5 Å². The molecule has 0 radical (unpaired) electrons. The number of ether oxygens (including phenoxy) is 1. The average Bonchev–Trinajstić information content (AvgIpc) is 2.47. The molecule has 0 saturated carbocycles. The number of aromatic amines is 1.